The van der Waals surface area contributed by atoms with Gasteiger partial charge in [0.25, 0.3) is 0 Å². The molecule has 2 rings (SSSR count). The Morgan fingerprint density at radius 3 is 3.06 bits per heavy atom. The highest BCUT2D eigenvalue weighted by molar-refractivity contribution is 9.10. The fourth-order valence-corrected chi connectivity index (χ4v) is 2.69. The molecule has 1 aliphatic rings. The van der Waals surface area contributed by atoms with Crippen molar-refractivity contribution < 1.29 is 9.53 Å². The molecule has 18 heavy (non-hydrogen) atoms. The van der Waals surface area contributed by atoms with Crippen molar-refractivity contribution >= 4 is 27.5 Å². The summed E-state index contributed by atoms with van der Waals surface area (Å²) in [5.41, 5.74) is 2.00. The Balaban J connectivity index is 1.82. The minimum atomic E-state index is 0.0510. The van der Waals surface area contributed by atoms with Crippen LogP contribution >= 0.6 is 15.9 Å². The second-order valence-corrected chi connectivity index (χ2v) is 5.56. The quantitative estimate of drug-likeness (QED) is 0.921. The largest absolute Gasteiger partial charge is 0.378 e. The Bertz CT molecular complexity index is 428. The van der Waals surface area contributed by atoms with E-state index in [2.05, 4.69) is 21.2 Å². The van der Waals surface area contributed by atoms with E-state index in [1.165, 1.54) is 5.56 Å². The number of rotatable bonds is 4. The number of hydrogen-bond acceptors (Lipinski definition) is 2. The monoisotopic (exact) mass is 311 g/mol. The number of halogens is 1. The Kier molecular flexibility index (Phi) is 4.78. The number of carbonyl (C=O) groups is 1. The van der Waals surface area contributed by atoms with Gasteiger partial charge in [-0.2, -0.15) is 0 Å². The Morgan fingerprint density at radius 2 is 2.39 bits per heavy atom. The molecule has 1 amide bonds. The van der Waals surface area contributed by atoms with Crippen LogP contribution < -0.4 is 5.32 Å². The first-order valence-corrected chi connectivity index (χ1v) is 7.12. The predicted octanol–water partition coefficient (Wildman–Crippen LogP) is 3.66. The summed E-state index contributed by atoms with van der Waals surface area (Å²) in [6.07, 6.45) is 3.81. The lowest BCUT2D eigenvalue weighted by molar-refractivity contribution is -0.116. The van der Waals surface area contributed by atoms with Gasteiger partial charge in [-0.05, 0) is 59.8 Å². The van der Waals surface area contributed by atoms with Gasteiger partial charge in [0, 0.05) is 17.5 Å². The molecule has 0 radical (unpaired) electrons. The van der Waals surface area contributed by atoms with Crippen LogP contribution in [0, 0.1) is 6.92 Å². The van der Waals surface area contributed by atoms with Crippen molar-refractivity contribution in [2.45, 2.75) is 38.7 Å². The summed E-state index contributed by atoms with van der Waals surface area (Å²) in [5, 5.41) is 2.92. The first-order valence-electron chi connectivity index (χ1n) is 6.33. The Hall–Kier alpha value is -0.870. The Morgan fingerprint density at radius 1 is 1.56 bits per heavy atom. The number of carbonyl (C=O) groups excluding carboxylic acids is 1. The fraction of sp³-hybridized carbons (Fsp3) is 0.500. The van der Waals surface area contributed by atoms with Crippen molar-refractivity contribution in [3.05, 3.63) is 28.2 Å². The molecule has 4 heteroatoms. The molecular weight excluding hydrogens is 294 g/mol. The van der Waals surface area contributed by atoms with Gasteiger partial charge in [0.1, 0.15) is 0 Å². The van der Waals surface area contributed by atoms with E-state index in [1.807, 2.05) is 25.1 Å². The van der Waals surface area contributed by atoms with Crippen molar-refractivity contribution in [2.24, 2.45) is 0 Å². The van der Waals surface area contributed by atoms with Crippen LogP contribution in [0.15, 0.2) is 22.7 Å². The zero-order chi connectivity index (χ0) is 13.0. The highest BCUT2D eigenvalue weighted by Gasteiger charge is 2.16. The van der Waals surface area contributed by atoms with Gasteiger partial charge in [-0.15, -0.1) is 0 Å². The number of amides is 1. The standard InChI is InChI=1S/C14H18BrNO2/c1-10-4-6-13(12(15)9-10)16-14(17)7-5-11-3-2-8-18-11/h4,6,9,11H,2-3,5,7-8H2,1H3,(H,16,17). The minimum Gasteiger partial charge on any atom is -0.378 e. The molecular formula is C14H18BrNO2. The van der Waals surface area contributed by atoms with Gasteiger partial charge in [0.15, 0.2) is 0 Å². The average Bonchev–Trinajstić information content (AvgIpc) is 2.83. The fourth-order valence-electron chi connectivity index (χ4n) is 2.10. The maximum Gasteiger partial charge on any atom is 0.224 e. The van der Waals surface area contributed by atoms with E-state index >= 15 is 0 Å². The molecule has 1 aromatic rings. The summed E-state index contributed by atoms with van der Waals surface area (Å²) >= 11 is 3.45. The van der Waals surface area contributed by atoms with Crippen LogP contribution in [0.3, 0.4) is 0 Å². The van der Waals surface area contributed by atoms with Gasteiger partial charge < -0.3 is 10.1 Å². The maximum atomic E-state index is 11.8. The van der Waals surface area contributed by atoms with E-state index in [0.717, 1.165) is 36.0 Å². The van der Waals surface area contributed by atoms with E-state index in [1.54, 1.807) is 0 Å². The van der Waals surface area contributed by atoms with Crippen LogP contribution in [0.5, 0.6) is 0 Å². The van der Waals surface area contributed by atoms with E-state index in [0.29, 0.717) is 6.42 Å². The SMILES string of the molecule is Cc1ccc(NC(=O)CCC2CCCO2)c(Br)c1. The summed E-state index contributed by atoms with van der Waals surface area (Å²) in [6.45, 7) is 2.86. The normalized spacial score (nSPS) is 18.9. The number of aryl methyl sites for hydroxylation is 1. The second-order valence-electron chi connectivity index (χ2n) is 4.71. The smallest absolute Gasteiger partial charge is 0.224 e. The van der Waals surface area contributed by atoms with E-state index in [9.17, 15) is 4.79 Å². The molecule has 1 heterocycles. The second kappa shape index (κ2) is 6.34. The zero-order valence-corrected chi connectivity index (χ0v) is 12.1. The molecule has 1 fully saturated rings. The average molecular weight is 312 g/mol. The van der Waals surface area contributed by atoms with Gasteiger partial charge in [-0.3, -0.25) is 4.79 Å². The van der Waals surface area contributed by atoms with Crippen molar-refractivity contribution in [2.75, 3.05) is 11.9 Å². The first-order chi connectivity index (χ1) is 8.65. The van der Waals surface area contributed by atoms with Gasteiger partial charge in [0.05, 0.1) is 11.8 Å². The number of anilines is 1. The molecule has 1 atom stereocenters. The summed E-state index contributed by atoms with van der Waals surface area (Å²) in [6, 6.07) is 5.90. The molecule has 0 bridgehead atoms. The lowest BCUT2D eigenvalue weighted by atomic mass is 10.1. The molecule has 1 aliphatic heterocycles. The summed E-state index contributed by atoms with van der Waals surface area (Å²) in [5.74, 6) is 0.0510. The van der Waals surface area contributed by atoms with E-state index in [-0.39, 0.29) is 12.0 Å². The highest BCUT2D eigenvalue weighted by Crippen LogP contribution is 2.24. The van der Waals surface area contributed by atoms with E-state index < -0.39 is 0 Å². The lowest BCUT2D eigenvalue weighted by Crippen LogP contribution is -2.15. The van der Waals surface area contributed by atoms with Crippen LogP contribution in [0.2, 0.25) is 0 Å². The van der Waals surface area contributed by atoms with Crippen LogP contribution in [0.1, 0.15) is 31.2 Å². The third-order valence-corrected chi connectivity index (χ3v) is 3.77. The van der Waals surface area contributed by atoms with Crippen molar-refractivity contribution in [3.63, 3.8) is 0 Å². The van der Waals surface area contributed by atoms with Crippen LogP contribution in [0.25, 0.3) is 0 Å². The van der Waals surface area contributed by atoms with Gasteiger partial charge in [-0.1, -0.05) is 6.07 Å². The van der Waals surface area contributed by atoms with Crippen molar-refractivity contribution in [3.8, 4) is 0 Å². The molecule has 1 aromatic carbocycles. The van der Waals surface area contributed by atoms with E-state index in [4.69, 9.17) is 4.74 Å². The molecule has 1 saturated heterocycles. The van der Waals surface area contributed by atoms with Gasteiger partial charge in [0.2, 0.25) is 5.91 Å². The van der Waals surface area contributed by atoms with Crippen molar-refractivity contribution in [1.82, 2.24) is 0 Å². The molecule has 0 spiro atoms. The molecule has 3 nitrogen and oxygen atoms in total. The number of nitrogens with one attached hydrogen (secondary N) is 1. The molecule has 98 valence electrons. The van der Waals surface area contributed by atoms with Gasteiger partial charge in [-0.25, -0.2) is 0 Å². The van der Waals surface area contributed by atoms with Crippen LogP contribution in [0.4, 0.5) is 5.69 Å². The zero-order valence-electron chi connectivity index (χ0n) is 10.5. The minimum absolute atomic E-state index is 0.0510. The topological polar surface area (TPSA) is 38.3 Å². The first kappa shape index (κ1) is 13.6. The number of benzene rings is 1. The summed E-state index contributed by atoms with van der Waals surface area (Å²) in [7, 11) is 0. The lowest BCUT2D eigenvalue weighted by Gasteiger charge is -2.10. The predicted molar refractivity (Wildman–Crippen MR) is 75.7 cm³/mol. The molecule has 1 unspecified atom stereocenters. The third-order valence-electron chi connectivity index (χ3n) is 3.12. The summed E-state index contributed by atoms with van der Waals surface area (Å²) < 4.78 is 6.43. The van der Waals surface area contributed by atoms with Crippen LogP contribution in [-0.2, 0) is 9.53 Å². The van der Waals surface area contributed by atoms with Gasteiger partial charge >= 0.3 is 0 Å². The number of hydrogen-bond donors (Lipinski definition) is 1. The number of ether oxygens (including phenoxy) is 1. The maximum absolute atomic E-state index is 11.8. The third kappa shape index (κ3) is 3.82. The molecule has 1 N–H and O–H groups in total. The summed E-state index contributed by atoms with van der Waals surface area (Å²) in [4.78, 5) is 11.8. The van der Waals surface area contributed by atoms with Crippen LogP contribution in [-0.4, -0.2) is 18.6 Å². The van der Waals surface area contributed by atoms with Crippen molar-refractivity contribution in [1.29, 1.82) is 0 Å². The molecule has 0 saturated carbocycles. The molecule has 0 aromatic heterocycles. The Labute approximate surface area is 116 Å². The molecule has 0 aliphatic carbocycles. The highest BCUT2D eigenvalue weighted by atomic mass is 79.9.